The average molecular weight is 333 g/mol. The van der Waals surface area contributed by atoms with E-state index in [-0.39, 0.29) is 5.91 Å². The van der Waals surface area contributed by atoms with Gasteiger partial charge in [-0.25, -0.2) is 4.98 Å². The second-order valence-corrected chi connectivity index (χ2v) is 6.15. The minimum Gasteiger partial charge on any atom is -0.458 e. The Morgan fingerprint density at radius 2 is 2.14 bits per heavy atom. The van der Waals surface area contributed by atoms with Gasteiger partial charge < -0.3 is 9.73 Å². The lowest BCUT2D eigenvalue weighted by Gasteiger charge is -2.04. The molecule has 1 amide bonds. The van der Waals surface area contributed by atoms with Crippen molar-refractivity contribution in [2.75, 3.05) is 0 Å². The summed E-state index contributed by atoms with van der Waals surface area (Å²) in [5, 5.41) is 6.15. The number of carbonyl (C=O) groups excluding carboxylic acids is 1. The Morgan fingerprint density at radius 1 is 1.32 bits per heavy atom. The Labute approximate surface area is 136 Å². The monoisotopic (exact) mass is 332 g/mol. The van der Waals surface area contributed by atoms with Gasteiger partial charge in [-0.1, -0.05) is 23.7 Å². The SMILES string of the molecule is Cc1nc(-c2ccc(CNC(=O)c3ccccc3Cl)o2)cs1. The van der Waals surface area contributed by atoms with E-state index in [1.165, 1.54) is 0 Å². The zero-order valence-corrected chi connectivity index (χ0v) is 13.4. The summed E-state index contributed by atoms with van der Waals surface area (Å²) in [6.45, 7) is 2.25. The van der Waals surface area contributed by atoms with Gasteiger partial charge in [0, 0.05) is 5.38 Å². The number of benzene rings is 1. The molecule has 4 nitrogen and oxygen atoms in total. The fourth-order valence-electron chi connectivity index (χ4n) is 2.00. The molecule has 6 heteroatoms. The first kappa shape index (κ1) is 14.8. The molecule has 3 rings (SSSR count). The maximum Gasteiger partial charge on any atom is 0.253 e. The Morgan fingerprint density at radius 3 is 2.86 bits per heavy atom. The molecule has 0 radical (unpaired) electrons. The molecule has 0 spiro atoms. The smallest absolute Gasteiger partial charge is 0.253 e. The van der Waals surface area contributed by atoms with E-state index in [0.29, 0.717) is 28.7 Å². The number of halogens is 1. The van der Waals surface area contributed by atoms with Gasteiger partial charge in [0.2, 0.25) is 0 Å². The summed E-state index contributed by atoms with van der Waals surface area (Å²) in [6, 6.07) is 10.6. The molecule has 0 bridgehead atoms. The van der Waals surface area contributed by atoms with Crippen molar-refractivity contribution in [2.24, 2.45) is 0 Å². The van der Waals surface area contributed by atoms with E-state index in [9.17, 15) is 4.79 Å². The number of aromatic nitrogens is 1. The third kappa shape index (κ3) is 3.21. The Hall–Kier alpha value is -2.11. The molecule has 0 aliphatic carbocycles. The first-order chi connectivity index (χ1) is 10.6. The van der Waals surface area contributed by atoms with Gasteiger partial charge in [-0.05, 0) is 31.2 Å². The van der Waals surface area contributed by atoms with Crippen molar-refractivity contribution in [2.45, 2.75) is 13.5 Å². The van der Waals surface area contributed by atoms with Crippen LogP contribution in [0.5, 0.6) is 0 Å². The third-order valence-electron chi connectivity index (χ3n) is 3.07. The second-order valence-electron chi connectivity index (χ2n) is 4.68. The number of aryl methyl sites for hydroxylation is 1. The van der Waals surface area contributed by atoms with Crippen LogP contribution in [0.2, 0.25) is 5.02 Å². The quantitative estimate of drug-likeness (QED) is 0.775. The maximum absolute atomic E-state index is 12.1. The molecule has 0 aliphatic heterocycles. The van der Waals surface area contributed by atoms with Crippen molar-refractivity contribution >= 4 is 28.8 Å². The van der Waals surface area contributed by atoms with Gasteiger partial charge in [-0.2, -0.15) is 0 Å². The fourth-order valence-corrected chi connectivity index (χ4v) is 2.82. The Kier molecular flexibility index (Phi) is 4.27. The normalized spacial score (nSPS) is 10.6. The maximum atomic E-state index is 12.1. The molecule has 0 saturated heterocycles. The number of hydrogen-bond donors (Lipinski definition) is 1. The number of carbonyl (C=O) groups is 1. The van der Waals surface area contributed by atoms with Crippen LogP contribution in [0.3, 0.4) is 0 Å². The molecule has 0 aliphatic rings. The zero-order chi connectivity index (χ0) is 15.5. The predicted molar refractivity (Wildman–Crippen MR) is 87.2 cm³/mol. The largest absolute Gasteiger partial charge is 0.458 e. The number of furan rings is 1. The molecule has 3 aromatic rings. The van der Waals surface area contributed by atoms with Crippen molar-refractivity contribution < 1.29 is 9.21 Å². The minimum absolute atomic E-state index is 0.229. The average Bonchev–Trinajstić information content (AvgIpc) is 3.14. The molecule has 1 aromatic carbocycles. The molecule has 2 heterocycles. The first-order valence-corrected chi connectivity index (χ1v) is 7.93. The highest BCUT2D eigenvalue weighted by atomic mass is 35.5. The zero-order valence-electron chi connectivity index (χ0n) is 11.8. The molecule has 0 saturated carbocycles. The van der Waals surface area contributed by atoms with Crippen molar-refractivity contribution in [1.82, 2.24) is 10.3 Å². The molecular formula is C16H13ClN2O2S. The summed E-state index contributed by atoms with van der Waals surface area (Å²) in [7, 11) is 0. The van der Waals surface area contributed by atoms with Gasteiger partial charge in [0.15, 0.2) is 5.76 Å². The Balaban J connectivity index is 1.66. The second kappa shape index (κ2) is 6.34. The van der Waals surface area contributed by atoms with Crippen LogP contribution in [0.15, 0.2) is 46.2 Å². The summed E-state index contributed by atoms with van der Waals surface area (Å²) >= 11 is 7.57. The number of hydrogen-bond acceptors (Lipinski definition) is 4. The van der Waals surface area contributed by atoms with E-state index in [1.807, 2.05) is 24.4 Å². The van der Waals surface area contributed by atoms with E-state index >= 15 is 0 Å². The number of amides is 1. The lowest BCUT2D eigenvalue weighted by molar-refractivity contribution is 0.0948. The lowest BCUT2D eigenvalue weighted by Crippen LogP contribution is -2.22. The van der Waals surface area contributed by atoms with E-state index < -0.39 is 0 Å². The molecule has 0 atom stereocenters. The van der Waals surface area contributed by atoms with Crippen LogP contribution in [-0.4, -0.2) is 10.9 Å². The van der Waals surface area contributed by atoms with Gasteiger partial charge in [0.1, 0.15) is 11.5 Å². The highest BCUT2D eigenvalue weighted by molar-refractivity contribution is 7.09. The first-order valence-electron chi connectivity index (χ1n) is 6.67. The van der Waals surface area contributed by atoms with Crippen LogP contribution in [0.1, 0.15) is 21.1 Å². The van der Waals surface area contributed by atoms with Crippen LogP contribution >= 0.6 is 22.9 Å². The van der Waals surface area contributed by atoms with Crippen molar-refractivity contribution in [1.29, 1.82) is 0 Å². The van der Waals surface area contributed by atoms with E-state index in [4.69, 9.17) is 16.0 Å². The molecule has 112 valence electrons. The third-order valence-corrected chi connectivity index (χ3v) is 4.18. The van der Waals surface area contributed by atoms with Gasteiger partial charge in [0.25, 0.3) is 5.91 Å². The number of nitrogens with zero attached hydrogens (tertiary/aromatic N) is 1. The predicted octanol–water partition coefficient (Wildman–Crippen LogP) is 4.29. The highest BCUT2D eigenvalue weighted by Crippen LogP contribution is 2.23. The standard InChI is InChI=1S/C16H13ClN2O2S/c1-10-19-14(9-22-10)15-7-6-11(21-15)8-18-16(20)12-4-2-3-5-13(12)17/h2-7,9H,8H2,1H3,(H,18,20). The number of nitrogens with one attached hydrogen (secondary N) is 1. The highest BCUT2D eigenvalue weighted by Gasteiger charge is 2.11. The van der Waals surface area contributed by atoms with Crippen LogP contribution < -0.4 is 5.32 Å². The van der Waals surface area contributed by atoms with Gasteiger partial charge in [0.05, 0.1) is 22.1 Å². The van der Waals surface area contributed by atoms with E-state index in [0.717, 1.165) is 10.7 Å². The minimum atomic E-state index is -0.229. The van der Waals surface area contributed by atoms with Crippen molar-refractivity contribution in [3.8, 4) is 11.5 Å². The van der Waals surface area contributed by atoms with Crippen molar-refractivity contribution in [3.05, 3.63) is 63.1 Å². The summed E-state index contributed by atoms with van der Waals surface area (Å²) in [6.07, 6.45) is 0. The Bertz CT molecular complexity index is 810. The molecule has 1 N–H and O–H groups in total. The van der Waals surface area contributed by atoms with Crippen LogP contribution in [0.4, 0.5) is 0 Å². The van der Waals surface area contributed by atoms with Gasteiger partial charge >= 0.3 is 0 Å². The van der Waals surface area contributed by atoms with Crippen LogP contribution in [0, 0.1) is 6.92 Å². The molecule has 2 aromatic heterocycles. The van der Waals surface area contributed by atoms with E-state index in [2.05, 4.69) is 10.3 Å². The summed E-state index contributed by atoms with van der Waals surface area (Å²) in [5.41, 5.74) is 1.26. The fraction of sp³-hybridized carbons (Fsp3) is 0.125. The topological polar surface area (TPSA) is 55.1 Å². The molecule has 22 heavy (non-hydrogen) atoms. The van der Waals surface area contributed by atoms with Crippen LogP contribution in [-0.2, 0) is 6.54 Å². The number of rotatable bonds is 4. The molecular weight excluding hydrogens is 320 g/mol. The van der Waals surface area contributed by atoms with E-state index in [1.54, 1.807) is 35.6 Å². The van der Waals surface area contributed by atoms with Gasteiger partial charge in [-0.3, -0.25) is 4.79 Å². The summed E-state index contributed by atoms with van der Waals surface area (Å²) in [5.74, 6) is 1.14. The molecule has 0 unspecified atom stereocenters. The summed E-state index contributed by atoms with van der Waals surface area (Å²) < 4.78 is 5.70. The molecule has 0 fully saturated rings. The van der Waals surface area contributed by atoms with Crippen LogP contribution in [0.25, 0.3) is 11.5 Å². The van der Waals surface area contributed by atoms with Crippen molar-refractivity contribution in [3.63, 3.8) is 0 Å². The summed E-state index contributed by atoms with van der Waals surface area (Å²) in [4.78, 5) is 16.4. The van der Waals surface area contributed by atoms with Gasteiger partial charge in [-0.15, -0.1) is 11.3 Å². The lowest BCUT2D eigenvalue weighted by atomic mass is 10.2. The number of thiazole rings is 1.